The minimum Gasteiger partial charge on any atom is -0.481 e. The van der Waals surface area contributed by atoms with Crippen LogP contribution in [-0.2, 0) is 14.3 Å². The SMILES string of the molecule is CC(C)C(C(=O)O)C(C)NC(=O)CC(O)CNC(=O)OCC1c2ccccc2-c2ccccc21. The molecule has 2 amide bonds. The molecule has 0 heterocycles. The zero-order valence-electron chi connectivity index (χ0n) is 19.7. The maximum atomic E-state index is 12.2. The molecular formula is C26H32N2O6. The molecular weight excluding hydrogens is 436 g/mol. The maximum Gasteiger partial charge on any atom is 0.407 e. The first-order chi connectivity index (χ1) is 16.2. The largest absolute Gasteiger partial charge is 0.481 e. The van der Waals surface area contributed by atoms with Crippen LogP contribution in [-0.4, -0.2) is 53.5 Å². The van der Waals surface area contributed by atoms with Gasteiger partial charge in [-0.2, -0.15) is 0 Å². The van der Waals surface area contributed by atoms with E-state index < -0.39 is 36.0 Å². The number of rotatable bonds is 10. The van der Waals surface area contributed by atoms with Gasteiger partial charge < -0.3 is 25.6 Å². The summed E-state index contributed by atoms with van der Waals surface area (Å²) in [4.78, 5) is 35.8. The smallest absolute Gasteiger partial charge is 0.407 e. The quantitative estimate of drug-likeness (QED) is 0.425. The fourth-order valence-corrected chi connectivity index (χ4v) is 4.62. The molecule has 0 aliphatic heterocycles. The highest BCUT2D eigenvalue weighted by Crippen LogP contribution is 2.44. The van der Waals surface area contributed by atoms with E-state index in [9.17, 15) is 24.6 Å². The van der Waals surface area contributed by atoms with Crippen LogP contribution in [0, 0.1) is 11.8 Å². The number of aliphatic hydroxyl groups excluding tert-OH is 1. The molecule has 0 saturated carbocycles. The van der Waals surface area contributed by atoms with Crippen LogP contribution in [0.2, 0.25) is 0 Å². The average Bonchev–Trinajstić information content (AvgIpc) is 3.09. The molecule has 3 rings (SSSR count). The summed E-state index contributed by atoms with van der Waals surface area (Å²) in [6, 6.07) is 15.4. The van der Waals surface area contributed by atoms with Crippen LogP contribution in [0.5, 0.6) is 0 Å². The van der Waals surface area contributed by atoms with Crippen LogP contribution in [0.15, 0.2) is 48.5 Å². The molecule has 8 heteroatoms. The number of alkyl carbamates (subject to hydrolysis) is 1. The minimum absolute atomic E-state index is 0.0709. The fraction of sp³-hybridized carbons (Fsp3) is 0.423. The van der Waals surface area contributed by atoms with E-state index in [0.29, 0.717) is 0 Å². The molecule has 0 spiro atoms. The van der Waals surface area contributed by atoms with Crippen molar-refractivity contribution in [2.45, 2.75) is 45.3 Å². The van der Waals surface area contributed by atoms with Crippen molar-refractivity contribution in [1.82, 2.24) is 10.6 Å². The number of benzene rings is 2. The molecule has 1 aliphatic carbocycles. The third-order valence-corrected chi connectivity index (χ3v) is 6.18. The Labute approximate surface area is 199 Å². The van der Waals surface area contributed by atoms with Gasteiger partial charge in [0.15, 0.2) is 0 Å². The van der Waals surface area contributed by atoms with E-state index in [2.05, 4.69) is 22.8 Å². The Bertz CT molecular complexity index is 992. The second-order valence-corrected chi connectivity index (χ2v) is 9.03. The predicted octanol–water partition coefficient (Wildman–Crippen LogP) is 3.14. The summed E-state index contributed by atoms with van der Waals surface area (Å²) in [5, 5.41) is 24.6. The number of ether oxygens (including phenoxy) is 1. The lowest BCUT2D eigenvalue weighted by molar-refractivity contribution is -0.144. The van der Waals surface area contributed by atoms with Gasteiger partial charge in [-0.1, -0.05) is 62.4 Å². The molecule has 0 fully saturated rings. The van der Waals surface area contributed by atoms with Gasteiger partial charge in [0.2, 0.25) is 5.91 Å². The third kappa shape index (κ3) is 5.94. The van der Waals surface area contributed by atoms with Gasteiger partial charge in [0.25, 0.3) is 0 Å². The maximum absolute atomic E-state index is 12.2. The van der Waals surface area contributed by atoms with Crippen molar-refractivity contribution in [1.29, 1.82) is 0 Å². The number of hydrogen-bond acceptors (Lipinski definition) is 5. The molecule has 1 aliphatic rings. The van der Waals surface area contributed by atoms with E-state index in [1.807, 2.05) is 36.4 Å². The van der Waals surface area contributed by atoms with Crippen LogP contribution < -0.4 is 10.6 Å². The highest BCUT2D eigenvalue weighted by molar-refractivity contribution is 5.80. The number of amides is 2. The fourth-order valence-electron chi connectivity index (χ4n) is 4.62. The highest BCUT2D eigenvalue weighted by atomic mass is 16.5. The van der Waals surface area contributed by atoms with Gasteiger partial charge in [-0.3, -0.25) is 9.59 Å². The van der Waals surface area contributed by atoms with Crippen molar-refractivity contribution in [2.24, 2.45) is 11.8 Å². The summed E-state index contributed by atoms with van der Waals surface area (Å²) in [5.41, 5.74) is 4.46. The number of carbonyl (C=O) groups excluding carboxylic acids is 2. The molecule has 0 aromatic heterocycles. The molecule has 0 saturated heterocycles. The molecule has 3 unspecified atom stereocenters. The lowest BCUT2D eigenvalue weighted by atomic mass is 9.89. The number of carbonyl (C=O) groups is 3. The Morgan fingerprint density at radius 1 is 0.971 bits per heavy atom. The normalized spacial score (nSPS) is 15.1. The first-order valence-corrected chi connectivity index (χ1v) is 11.5. The highest BCUT2D eigenvalue weighted by Gasteiger charge is 2.30. The van der Waals surface area contributed by atoms with Gasteiger partial charge >= 0.3 is 12.1 Å². The van der Waals surface area contributed by atoms with Crippen molar-refractivity contribution in [3.8, 4) is 11.1 Å². The molecule has 2 aromatic rings. The first-order valence-electron chi connectivity index (χ1n) is 11.5. The van der Waals surface area contributed by atoms with Gasteiger partial charge in [0.1, 0.15) is 6.61 Å². The number of nitrogens with one attached hydrogen (secondary N) is 2. The lowest BCUT2D eigenvalue weighted by Crippen LogP contribution is -2.45. The Morgan fingerprint density at radius 2 is 1.53 bits per heavy atom. The van der Waals surface area contributed by atoms with Crippen molar-refractivity contribution in [3.05, 3.63) is 59.7 Å². The van der Waals surface area contributed by atoms with E-state index in [0.717, 1.165) is 22.3 Å². The van der Waals surface area contributed by atoms with E-state index in [1.54, 1.807) is 20.8 Å². The second kappa shape index (κ2) is 11.2. The van der Waals surface area contributed by atoms with Crippen LogP contribution in [0.3, 0.4) is 0 Å². The third-order valence-electron chi connectivity index (χ3n) is 6.18. The predicted molar refractivity (Wildman–Crippen MR) is 127 cm³/mol. The Kier molecular flexibility index (Phi) is 8.28. The van der Waals surface area contributed by atoms with Gasteiger partial charge in [-0.05, 0) is 35.1 Å². The summed E-state index contributed by atoms with van der Waals surface area (Å²) in [6.07, 6.45) is -2.08. The number of hydrogen-bond donors (Lipinski definition) is 4. The zero-order chi connectivity index (χ0) is 24.8. The zero-order valence-corrected chi connectivity index (χ0v) is 19.7. The molecule has 2 aromatic carbocycles. The summed E-state index contributed by atoms with van der Waals surface area (Å²) in [7, 11) is 0. The van der Waals surface area contributed by atoms with Crippen molar-refractivity contribution in [2.75, 3.05) is 13.2 Å². The Balaban J connectivity index is 1.46. The van der Waals surface area contributed by atoms with E-state index in [4.69, 9.17) is 4.74 Å². The standard InChI is InChI=1S/C26H32N2O6/c1-15(2)24(25(31)32)16(3)28-23(30)12-17(29)13-27-26(33)34-14-22-20-10-6-4-8-18(20)19-9-5-7-11-21(19)22/h4-11,15-17,22,24,29H,12-14H2,1-3H3,(H,27,33)(H,28,30)(H,31,32). The monoisotopic (exact) mass is 468 g/mol. The van der Waals surface area contributed by atoms with Gasteiger partial charge in [-0.15, -0.1) is 0 Å². The average molecular weight is 469 g/mol. The molecule has 3 atom stereocenters. The summed E-state index contributed by atoms with van der Waals surface area (Å²) in [6.45, 7) is 5.16. The number of carboxylic acid groups (broad SMARTS) is 1. The number of aliphatic carboxylic acids is 1. The Hall–Kier alpha value is -3.39. The number of carboxylic acids is 1. The minimum atomic E-state index is -1.13. The van der Waals surface area contributed by atoms with E-state index in [1.165, 1.54) is 0 Å². The van der Waals surface area contributed by atoms with Crippen LogP contribution in [0.4, 0.5) is 4.79 Å². The summed E-state index contributed by atoms with van der Waals surface area (Å²) >= 11 is 0. The first kappa shape index (κ1) is 25.2. The van der Waals surface area contributed by atoms with Crippen molar-refractivity contribution in [3.63, 3.8) is 0 Å². The number of aliphatic hydroxyl groups is 1. The van der Waals surface area contributed by atoms with Crippen molar-refractivity contribution < 1.29 is 29.3 Å². The van der Waals surface area contributed by atoms with Gasteiger partial charge in [0, 0.05) is 18.5 Å². The molecule has 182 valence electrons. The van der Waals surface area contributed by atoms with Crippen molar-refractivity contribution >= 4 is 18.0 Å². The number of fused-ring (bicyclic) bond motifs is 3. The molecule has 8 nitrogen and oxygen atoms in total. The van der Waals surface area contributed by atoms with E-state index >= 15 is 0 Å². The van der Waals surface area contributed by atoms with E-state index in [-0.39, 0.29) is 31.4 Å². The molecule has 0 bridgehead atoms. The molecule has 0 radical (unpaired) electrons. The topological polar surface area (TPSA) is 125 Å². The van der Waals surface area contributed by atoms with Crippen LogP contribution >= 0.6 is 0 Å². The summed E-state index contributed by atoms with van der Waals surface area (Å²) in [5.74, 6) is -2.44. The Morgan fingerprint density at radius 3 is 2.06 bits per heavy atom. The van der Waals surface area contributed by atoms with Crippen LogP contribution in [0.1, 0.15) is 44.2 Å². The molecule has 34 heavy (non-hydrogen) atoms. The molecule has 4 N–H and O–H groups in total. The second-order valence-electron chi connectivity index (χ2n) is 9.03. The van der Waals surface area contributed by atoms with Gasteiger partial charge in [0.05, 0.1) is 18.4 Å². The van der Waals surface area contributed by atoms with Gasteiger partial charge in [-0.25, -0.2) is 4.79 Å². The lowest BCUT2D eigenvalue weighted by Gasteiger charge is -2.25. The van der Waals surface area contributed by atoms with Crippen LogP contribution in [0.25, 0.3) is 11.1 Å². The summed E-state index contributed by atoms with van der Waals surface area (Å²) < 4.78 is 5.42.